The molecule has 5 heteroatoms. The van der Waals surface area contributed by atoms with Crippen LogP contribution in [0.3, 0.4) is 0 Å². The Hall–Kier alpha value is -1.04. The fourth-order valence-electron chi connectivity index (χ4n) is 3.42. The van der Waals surface area contributed by atoms with Crippen LogP contribution in [0, 0.1) is 0 Å². The molecule has 132 valence electrons. The summed E-state index contributed by atoms with van der Waals surface area (Å²) in [5.41, 5.74) is 1.06. The summed E-state index contributed by atoms with van der Waals surface area (Å²) in [4.78, 5) is 13.6. The van der Waals surface area contributed by atoms with Crippen molar-refractivity contribution in [1.29, 1.82) is 0 Å². The standard InChI is InChI=1S/C19H27NO3S/c1-13(2)24-16-6-3-14(4-7-16)11-19(21)20-15-5-8-17-18(12-15)23-10-9-22-17/h3-4,6-7,13,15,17-18H,5,8-12H2,1-2H3,(H,20,21). The van der Waals surface area contributed by atoms with Gasteiger partial charge in [0, 0.05) is 16.2 Å². The number of carbonyl (C=O) groups is 1. The van der Waals surface area contributed by atoms with E-state index in [1.54, 1.807) is 0 Å². The zero-order valence-corrected chi connectivity index (χ0v) is 15.3. The van der Waals surface area contributed by atoms with Crippen LogP contribution < -0.4 is 5.32 Å². The van der Waals surface area contributed by atoms with Gasteiger partial charge in [0.05, 0.1) is 31.8 Å². The van der Waals surface area contributed by atoms with E-state index in [4.69, 9.17) is 9.47 Å². The van der Waals surface area contributed by atoms with Gasteiger partial charge in [-0.25, -0.2) is 0 Å². The highest BCUT2D eigenvalue weighted by Crippen LogP contribution is 2.27. The topological polar surface area (TPSA) is 47.6 Å². The molecule has 0 radical (unpaired) electrons. The SMILES string of the molecule is CC(C)Sc1ccc(CC(=O)NC2CCC3OCCOC3C2)cc1. The van der Waals surface area contributed by atoms with Gasteiger partial charge in [0.1, 0.15) is 0 Å². The molecule has 4 nitrogen and oxygen atoms in total. The van der Waals surface area contributed by atoms with Gasteiger partial charge in [-0.1, -0.05) is 26.0 Å². The zero-order chi connectivity index (χ0) is 16.9. The van der Waals surface area contributed by atoms with Crippen LogP contribution in [0.4, 0.5) is 0 Å². The van der Waals surface area contributed by atoms with Crippen LogP contribution >= 0.6 is 11.8 Å². The summed E-state index contributed by atoms with van der Waals surface area (Å²) in [6.07, 6.45) is 3.61. The molecule has 1 aromatic carbocycles. The summed E-state index contributed by atoms with van der Waals surface area (Å²) >= 11 is 1.84. The average Bonchev–Trinajstić information content (AvgIpc) is 2.56. The molecule has 2 fully saturated rings. The molecule has 0 aromatic heterocycles. The Morgan fingerprint density at radius 2 is 1.88 bits per heavy atom. The first-order chi connectivity index (χ1) is 11.6. The number of rotatable bonds is 5. The Morgan fingerprint density at radius 3 is 2.58 bits per heavy atom. The fourth-order valence-corrected chi connectivity index (χ4v) is 4.26. The van der Waals surface area contributed by atoms with Crippen LogP contribution in [-0.2, 0) is 20.7 Å². The van der Waals surface area contributed by atoms with E-state index >= 15 is 0 Å². The molecule has 1 aliphatic carbocycles. The third-order valence-electron chi connectivity index (χ3n) is 4.50. The highest BCUT2D eigenvalue weighted by atomic mass is 32.2. The smallest absolute Gasteiger partial charge is 0.224 e. The Labute approximate surface area is 148 Å². The van der Waals surface area contributed by atoms with E-state index in [1.165, 1.54) is 4.90 Å². The molecule has 1 aliphatic heterocycles. The summed E-state index contributed by atoms with van der Waals surface area (Å²) < 4.78 is 11.5. The minimum Gasteiger partial charge on any atom is -0.373 e. The van der Waals surface area contributed by atoms with Crippen molar-refractivity contribution in [3.8, 4) is 0 Å². The Kier molecular flexibility index (Phi) is 6.19. The van der Waals surface area contributed by atoms with Crippen molar-refractivity contribution in [3.63, 3.8) is 0 Å². The van der Waals surface area contributed by atoms with E-state index in [9.17, 15) is 4.79 Å². The average molecular weight is 349 g/mol. The first kappa shape index (κ1) is 17.8. The van der Waals surface area contributed by atoms with Crippen LogP contribution in [-0.4, -0.2) is 42.6 Å². The largest absolute Gasteiger partial charge is 0.373 e. The van der Waals surface area contributed by atoms with Crippen molar-refractivity contribution in [1.82, 2.24) is 5.32 Å². The molecule has 0 bridgehead atoms. The molecule has 1 saturated carbocycles. The molecular formula is C19H27NO3S. The van der Waals surface area contributed by atoms with Gasteiger partial charge in [0.15, 0.2) is 0 Å². The Balaban J connectivity index is 1.47. The van der Waals surface area contributed by atoms with Gasteiger partial charge >= 0.3 is 0 Å². The van der Waals surface area contributed by atoms with Crippen molar-refractivity contribution in [2.45, 2.75) is 67.9 Å². The third-order valence-corrected chi connectivity index (χ3v) is 5.52. The second-order valence-electron chi connectivity index (χ2n) is 6.88. The minimum absolute atomic E-state index is 0.0967. The predicted molar refractivity (Wildman–Crippen MR) is 96.4 cm³/mol. The third kappa shape index (κ3) is 4.98. The van der Waals surface area contributed by atoms with Crippen molar-refractivity contribution >= 4 is 17.7 Å². The zero-order valence-electron chi connectivity index (χ0n) is 14.5. The van der Waals surface area contributed by atoms with Crippen LogP contribution in [0.25, 0.3) is 0 Å². The molecule has 3 atom stereocenters. The summed E-state index contributed by atoms with van der Waals surface area (Å²) in [5.74, 6) is 0.0967. The number of hydrogen-bond acceptors (Lipinski definition) is 4. The maximum atomic E-state index is 12.3. The number of amides is 1. The number of fused-ring (bicyclic) bond motifs is 1. The lowest BCUT2D eigenvalue weighted by Crippen LogP contribution is -2.49. The van der Waals surface area contributed by atoms with Crippen molar-refractivity contribution in [3.05, 3.63) is 29.8 Å². The molecule has 1 saturated heterocycles. The summed E-state index contributed by atoms with van der Waals surface area (Å²) in [6.45, 7) is 5.73. The van der Waals surface area contributed by atoms with E-state index < -0.39 is 0 Å². The van der Waals surface area contributed by atoms with Crippen molar-refractivity contribution in [2.75, 3.05) is 13.2 Å². The minimum atomic E-state index is 0.0967. The van der Waals surface area contributed by atoms with E-state index in [2.05, 4.69) is 43.4 Å². The van der Waals surface area contributed by atoms with Crippen molar-refractivity contribution in [2.24, 2.45) is 0 Å². The first-order valence-corrected chi connectivity index (χ1v) is 9.76. The Bertz CT molecular complexity index is 546. The van der Waals surface area contributed by atoms with E-state index in [0.29, 0.717) is 24.9 Å². The Morgan fingerprint density at radius 1 is 1.17 bits per heavy atom. The van der Waals surface area contributed by atoms with Gasteiger partial charge in [-0.3, -0.25) is 4.79 Å². The molecule has 3 rings (SSSR count). The number of thioether (sulfide) groups is 1. The van der Waals surface area contributed by atoms with Crippen LogP contribution in [0.5, 0.6) is 0 Å². The van der Waals surface area contributed by atoms with Gasteiger partial charge in [0.25, 0.3) is 0 Å². The molecule has 0 spiro atoms. The van der Waals surface area contributed by atoms with Gasteiger partial charge in [-0.15, -0.1) is 11.8 Å². The highest BCUT2D eigenvalue weighted by Gasteiger charge is 2.34. The number of hydrogen-bond donors (Lipinski definition) is 1. The van der Waals surface area contributed by atoms with Gasteiger partial charge in [0.2, 0.25) is 5.91 Å². The molecule has 1 aromatic rings. The molecule has 3 unspecified atom stereocenters. The summed E-state index contributed by atoms with van der Waals surface area (Å²) in [6, 6.07) is 8.52. The van der Waals surface area contributed by atoms with Crippen LogP contribution in [0.15, 0.2) is 29.2 Å². The van der Waals surface area contributed by atoms with Crippen molar-refractivity contribution < 1.29 is 14.3 Å². The maximum absolute atomic E-state index is 12.3. The van der Waals surface area contributed by atoms with Crippen LogP contribution in [0.2, 0.25) is 0 Å². The van der Waals surface area contributed by atoms with E-state index in [0.717, 1.165) is 24.8 Å². The summed E-state index contributed by atoms with van der Waals surface area (Å²) in [7, 11) is 0. The van der Waals surface area contributed by atoms with Crippen LogP contribution in [0.1, 0.15) is 38.7 Å². The number of ether oxygens (including phenoxy) is 2. The van der Waals surface area contributed by atoms with Gasteiger partial charge in [-0.2, -0.15) is 0 Å². The molecule has 1 heterocycles. The molecule has 1 N–H and O–H groups in total. The second-order valence-corrected chi connectivity index (χ2v) is 8.53. The van der Waals surface area contributed by atoms with E-state index in [1.807, 2.05) is 11.8 Å². The quantitative estimate of drug-likeness (QED) is 0.830. The first-order valence-electron chi connectivity index (χ1n) is 8.88. The lowest BCUT2D eigenvalue weighted by atomic mass is 9.89. The second kappa shape index (κ2) is 8.37. The maximum Gasteiger partial charge on any atom is 0.224 e. The highest BCUT2D eigenvalue weighted by molar-refractivity contribution is 7.99. The fraction of sp³-hybridized carbons (Fsp3) is 0.632. The monoisotopic (exact) mass is 349 g/mol. The lowest BCUT2D eigenvalue weighted by Gasteiger charge is -2.39. The van der Waals surface area contributed by atoms with E-state index in [-0.39, 0.29) is 24.2 Å². The molecular weight excluding hydrogens is 322 g/mol. The molecule has 24 heavy (non-hydrogen) atoms. The number of nitrogens with one attached hydrogen (secondary N) is 1. The summed E-state index contributed by atoms with van der Waals surface area (Å²) in [5, 5.41) is 3.74. The molecule has 1 amide bonds. The normalized spacial score (nSPS) is 26.9. The number of benzene rings is 1. The number of carbonyl (C=O) groups excluding carboxylic acids is 1. The van der Waals surface area contributed by atoms with Gasteiger partial charge in [-0.05, 0) is 37.0 Å². The van der Waals surface area contributed by atoms with Gasteiger partial charge < -0.3 is 14.8 Å². The lowest BCUT2D eigenvalue weighted by molar-refractivity contribution is -0.158. The molecule has 2 aliphatic rings. The predicted octanol–water partition coefficient (Wildman–Crippen LogP) is 3.18.